The molecule has 1 radical (unpaired) electrons. The standard InChI is InChI=1S/C6H8N.C5H5N.2C4H8N2O2.Co/c1-2-6-4-3-5-7-6;1-2-4-6-5-3-1;2*1-3(5-7)4(2)6-8;/h3-5,7H,1-2H2;1-5H;2*7-8H,1-2H3;/q-1;;;;/b;;2*5-3+,6-4+;. The molecule has 0 saturated heterocycles. The maximum atomic E-state index is 8.03. The number of nitrogens with zero attached hydrogens (tertiary/aromatic N) is 5. The predicted molar refractivity (Wildman–Crippen MR) is 114 cm³/mol. The molecule has 169 valence electrons. The van der Waals surface area contributed by atoms with Crippen molar-refractivity contribution in [3.05, 3.63) is 61.5 Å². The van der Waals surface area contributed by atoms with Crippen molar-refractivity contribution in [2.45, 2.75) is 34.1 Å². The van der Waals surface area contributed by atoms with Crippen molar-refractivity contribution >= 4 is 22.8 Å². The third-order valence-electron chi connectivity index (χ3n) is 3.15. The number of H-pyrrole nitrogens is 1. The Morgan fingerprint density at radius 3 is 1.33 bits per heavy atom. The first-order valence-electron chi connectivity index (χ1n) is 8.39. The summed E-state index contributed by atoms with van der Waals surface area (Å²) in [4.78, 5) is 6.81. The molecule has 0 bridgehead atoms. The summed E-state index contributed by atoms with van der Waals surface area (Å²) in [5.74, 6) is 0. The molecule has 0 amide bonds. The van der Waals surface area contributed by atoms with Gasteiger partial charge in [0.2, 0.25) is 0 Å². The number of rotatable bonds is 3. The van der Waals surface area contributed by atoms with Crippen molar-refractivity contribution < 1.29 is 37.6 Å². The quantitative estimate of drug-likeness (QED) is 0.202. The van der Waals surface area contributed by atoms with Gasteiger partial charge in [0.15, 0.2) is 0 Å². The maximum absolute atomic E-state index is 8.03. The van der Waals surface area contributed by atoms with E-state index in [4.69, 9.17) is 20.8 Å². The Morgan fingerprint density at radius 1 is 0.800 bits per heavy atom. The summed E-state index contributed by atoms with van der Waals surface area (Å²) in [6.07, 6.45) is 6.26. The molecule has 2 rings (SSSR count). The molecule has 0 aliphatic carbocycles. The van der Waals surface area contributed by atoms with Crippen LogP contribution in [0.2, 0.25) is 0 Å². The molecule has 0 unspecified atom stereocenters. The monoisotopic (exact) mass is 464 g/mol. The average Bonchev–Trinajstić information content (AvgIpc) is 3.33. The third kappa shape index (κ3) is 18.2. The van der Waals surface area contributed by atoms with E-state index in [1.54, 1.807) is 12.4 Å². The number of nitrogens with one attached hydrogen (secondary N) is 1. The minimum absolute atomic E-state index is 0. The Morgan fingerprint density at radius 2 is 1.20 bits per heavy atom. The minimum atomic E-state index is 0. The van der Waals surface area contributed by atoms with E-state index in [2.05, 4.69) is 37.5 Å². The molecule has 11 heteroatoms. The molecule has 0 atom stereocenters. The van der Waals surface area contributed by atoms with Gasteiger partial charge in [0.05, 0.1) is 0 Å². The minimum Gasteiger partial charge on any atom is -0.411 e. The average molecular weight is 464 g/mol. The maximum Gasteiger partial charge on any atom is 0.101 e. The summed E-state index contributed by atoms with van der Waals surface area (Å²) in [6.45, 7) is 9.84. The number of pyridine rings is 1. The van der Waals surface area contributed by atoms with Crippen molar-refractivity contribution in [3.8, 4) is 0 Å². The molecule has 0 aliphatic rings. The van der Waals surface area contributed by atoms with Crippen molar-refractivity contribution in [1.29, 1.82) is 0 Å². The van der Waals surface area contributed by atoms with Crippen LogP contribution in [0.1, 0.15) is 33.4 Å². The van der Waals surface area contributed by atoms with E-state index >= 15 is 0 Å². The van der Waals surface area contributed by atoms with E-state index in [1.165, 1.54) is 33.4 Å². The van der Waals surface area contributed by atoms with Crippen molar-refractivity contribution in [2.75, 3.05) is 0 Å². The van der Waals surface area contributed by atoms with Crippen LogP contribution in [0.4, 0.5) is 0 Å². The van der Waals surface area contributed by atoms with Gasteiger partial charge in [0.25, 0.3) is 0 Å². The van der Waals surface area contributed by atoms with Gasteiger partial charge >= 0.3 is 0 Å². The van der Waals surface area contributed by atoms with Gasteiger partial charge in [-0.25, -0.2) is 0 Å². The summed E-state index contributed by atoms with van der Waals surface area (Å²) in [7, 11) is 0. The van der Waals surface area contributed by atoms with Gasteiger partial charge in [0, 0.05) is 35.4 Å². The normalized spacial score (nSPS) is 11.4. The molecule has 0 saturated carbocycles. The van der Waals surface area contributed by atoms with Gasteiger partial charge in [-0.15, -0.1) is 6.42 Å². The fourth-order valence-corrected chi connectivity index (χ4v) is 1.13. The third-order valence-corrected chi connectivity index (χ3v) is 3.15. The van der Waals surface area contributed by atoms with E-state index < -0.39 is 0 Å². The van der Waals surface area contributed by atoms with Crippen molar-refractivity contribution in [2.24, 2.45) is 20.6 Å². The van der Waals surface area contributed by atoms with Crippen molar-refractivity contribution in [1.82, 2.24) is 9.97 Å². The molecular formula is C19H29CoN6O4-. The Hall–Kier alpha value is -3.18. The molecule has 10 nitrogen and oxygen atoms in total. The van der Waals surface area contributed by atoms with E-state index in [9.17, 15) is 0 Å². The molecular weight excluding hydrogens is 435 g/mol. The molecule has 2 aromatic heterocycles. The van der Waals surface area contributed by atoms with E-state index in [0.29, 0.717) is 22.8 Å². The second-order valence-electron chi connectivity index (χ2n) is 5.21. The van der Waals surface area contributed by atoms with Crippen LogP contribution in [-0.2, 0) is 23.2 Å². The molecule has 2 heterocycles. The zero-order chi connectivity index (χ0) is 22.5. The molecule has 2 aromatic rings. The van der Waals surface area contributed by atoms with Gasteiger partial charge in [-0.2, -0.15) is 0 Å². The number of aromatic amines is 1. The van der Waals surface area contributed by atoms with Crippen LogP contribution >= 0.6 is 0 Å². The second kappa shape index (κ2) is 22.1. The molecule has 30 heavy (non-hydrogen) atoms. The first kappa shape index (κ1) is 31.5. The zero-order valence-electron chi connectivity index (χ0n) is 17.4. The summed E-state index contributed by atoms with van der Waals surface area (Å²) in [6, 6.07) is 9.71. The van der Waals surface area contributed by atoms with Crippen LogP contribution in [0.15, 0.2) is 69.5 Å². The Balaban J connectivity index is -0.000000321. The fourth-order valence-electron chi connectivity index (χ4n) is 1.13. The van der Waals surface area contributed by atoms with Gasteiger partial charge in [-0.05, 0) is 57.7 Å². The molecule has 0 fully saturated rings. The van der Waals surface area contributed by atoms with Crippen LogP contribution in [0.25, 0.3) is 0 Å². The summed E-state index contributed by atoms with van der Waals surface area (Å²) in [5.41, 5.74) is 2.44. The first-order valence-corrected chi connectivity index (χ1v) is 8.39. The van der Waals surface area contributed by atoms with Crippen LogP contribution < -0.4 is 0 Å². The summed E-state index contributed by atoms with van der Waals surface area (Å²) >= 11 is 0. The second-order valence-corrected chi connectivity index (χ2v) is 5.21. The molecule has 0 spiro atoms. The Bertz CT molecular complexity index is 657. The smallest absolute Gasteiger partial charge is 0.101 e. The van der Waals surface area contributed by atoms with Gasteiger partial charge in [-0.3, -0.25) is 4.98 Å². The number of oxime groups is 4. The molecule has 5 N–H and O–H groups in total. The summed E-state index contributed by atoms with van der Waals surface area (Å²) in [5, 5.41) is 43.3. The van der Waals surface area contributed by atoms with Gasteiger partial charge in [0.1, 0.15) is 22.8 Å². The van der Waals surface area contributed by atoms with Crippen molar-refractivity contribution in [3.63, 3.8) is 0 Å². The SMILES string of the molecule is CC(=N\O)/C(C)=N/O.CC(=N\O)/C(C)=N/O.[CH2-]Cc1ccc[nH]1.[Co].c1ccncc1. The topological polar surface area (TPSA) is 159 Å². The number of hydrogen-bond donors (Lipinski definition) is 5. The van der Waals surface area contributed by atoms with Crippen LogP contribution in [0, 0.1) is 6.92 Å². The van der Waals surface area contributed by atoms with Gasteiger partial charge < -0.3 is 32.7 Å². The first-order chi connectivity index (χ1) is 13.9. The van der Waals surface area contributed by atoms with E-state index in [-0.39, 0.29) is 16.8 Å². The van der Waals surface area contributed by atoms with Crippen LogP contribution in [-0.4, -0.2) is 53.6 Å². The van der Waals surface area contributed by atoms with Crippen LogP contribution in [0.3, 0.4) is 0 Å². The fraction of sp³-hybridized carbons (Fsp3) is 0.263. The van der Waals surface area contributed by atoms with E-state index in [1.807, 2.05) is 36.5 Å². The molecule has 0 aliphatic heterocycles. The zero-order valence-corrected chi connectivity index (χ0v) is 18.4. The molecule has 0 aromatic carbocycles. The number of hydrogen-bond acceptors (Lipinski definition) is 9. The van der Waals surface area contributed by atoms with Crippen LogP contribution in [0.5, 0.6) is 0 Å². The Kier molecular flexibility index (Phi) is 23.2. The predicted octanol–water partition coefficient (Wildman–Crippen LogP) is 3.84. The number of aromatic nitrogens is 2. The Labute approximate surface area is 186 Å². The summed E-state index contributed by atoms with van der Waals surface area (Å²) < 4.78 is 0. The largest absolute Gasteiger partial charge is 0.411 e. The van der Waals surface area contributed by atoms with E-state index in [0.717, 1.165) is 6.42 Å². The van der Waals surface area contributed by atoms with Gasteiger partial charge in [-0.1, -0.05) is 26.7 Å².